The summed E-state index contributed by atoms with van der Waals surface area (Å²) < 4.78 is 9.81. The number of rotatable bonds is 4. The molecule has 0 bridgehead atoms. The Labute approximate surface area is 93.2 Å². The van der Waals surface area contributed by atoms with Crippen molar-refractivity contribution >= 4 is 5.91 Å². The van der Waals surface area contributed by atoms with E-state index in [1.807, 2.05) is 13.0 Å². The Hall–Kier alpha value is -1.97. The molecule has 2 rings (SSSR count). The molecule has 2 heterocycles. The zero-order chi connectivity index (χ0) is 11.4. The van der Waals surface area contributed by atoms with Crippen LogP contribution in [0.25, 0.3) is 0 Å². The van der Waals surface area contributed by atoms with Crippen LogP contribution in [-0.4, -0.2) is 11.9 Å². The molecular formula is C12H13NO3. The summed E-state index contributed by atoms with van der Waals surface area (Å²) in [4.78, 5) is 11.7. The van der Waals surface area contributed by atoms with Crippen LogP contribution in [0, 0.1) is 0 Å². The highest BCUT2D eigenvalue weighted by Gasteiger charge is 2.11. The Bertz CT molecular complexity index is 431. The molecule has 0 unspecified atom stereocenters. The van der Waals surface area contributed by atoms with E-state index >= 15 is 0 Å². The van der Waals surface area contributed by atoms with Crippen molar-refractivity contribution in [3.8, 4) is 0 Å². The van der Waals surface area contributed by atoms with E-state index in [-0.39, 0.29) is 11.9 Å². The molecule has 4 heteroatoms. The molecule has 0 aliphatic heterocycles. The second-order valence-electron chi connectivity index (χ2n) is 3.72. The maximum atomic E-state index is 11.7. The van der Waals surface area contributed by atoms with Gasteiger partial charge < -0.3 is 14.2 Å². The van der Waals surface area contributed by atoms with Gasteiger partial charge in [0.25, 0.3) is 5.91 Å². The molecule has 1 N–H and O–H groups in total. The van der Waals surface area contributed by atoms with Crippen molar-refractivity contribution in [3.63, 3.8) is 0 Å². The van der Waals surface area contributed by atoms with Gasteiger partial charge in [0.1, 0.15) is 6.26 Å². The first-order valence-electron chi connectivity index (χ1n) is 5.10. The molecule has 1 atom stereocenters. The van der Waals surface area contributed by atoms with Gasteiger partial charge in [-0.25, -0.2) is 0 Å². The standard InChI is InChI=1S/C12H13NO3/c1-9(6-10-2-4-15-7-10)13-12(14)11-3-5-16-8-11/h2-5,7-9H,6H2,1H3,(H,13,14)/t9-/m0/s1. The second-order valence-corrected chi connectivity index (χ2v) is 3.72. The average Bonchev–Trinajstić information content (AvgIpc) is 2.88. The summed E-state index contributed by atoms with van der Waals surface area (Å²) in [6, 6.07) is 3.58. The zero-order valence-corrected chi connectivity index (χ0v) is 8.97. The van der Waals surface area contributed by atoms with Gasteiger partial charge in [-0.1, -0.05) is 0 Å². The normalized spacial score (nSPS) is 12.3. The van der Waals surface area contributed by atoms with Crippen LogP contribution in [0.15, 0.2) is 46.0 Å². The fourth-order valence-corrected chi connectivity index (χ4v) is 1.51. The summed E-state index contributed by atoms with van der Waals surface area (Å²) in [5.41, 5.74) is 1.61. The quantitative estimate of drug-likeness (QED) is 0.857. The Kier molecular flexibility index (Phi) is 3.10. The molecule has 0 saturated carbocycles. The van der Waals surface area contributed by atoms with Crippen LogP contribution in [0.1, 0.15) is 22.8 Å². The lowest BCUT2D eigenvalue weighted by Gasteiger charge is -2.11. The maximum absolute atomic E-state index is 11.7. The topological polar surface area (TPSA) is 55.4 Å². The molecule has 0 saturated heterocycles. The maximum Gasteiger partial charge on any atom is 0.254 e. The van der Waals surface area contributed by atoms with Crippen molar-refractivity contribution in [2.45, 2.75) is 19.4 Å². The van der Waals surface area contributed by atoms with Crippen LogP contribution in [0.4, 0.5) is 0 Å². The number of hydrogen-bond donors (Lipinski definition) is 1. The van der Waals surface area contributed by atoms with Crippen molar-refractivity contribution in [3.05, 3.63) is 48.3 Å². The third-order valence-electron chi connectivity index (χ3n) is 2.28. The van der Waals surface area contributed by atoms with E-state index in [1.54, 1.807) is 18.6 Å². The van der Waals surface area contributed by atoms with Gasteiger partial charge >= 0.3 is 0 Å². The van der Waals surface area contributed by atoms with Crippen molar-refractivity contribution in [1.29, 1.82) is 0 Å². The Morgan fingerprint density at radius 3 is 2.69 bits per heavy atom. The van der Waals surface area contributed by atoms with Crippen LogP contribution >= 0.6 is 0 Å². The largest absolute Gasteiger partial charge is 0.472 e. The first-order valence-corrected chi connectivity index (χ1v) is 5.10. The highest BCUT2D eigenvalue weighted by atomic mass is 16.3. The predicted molar refractivity (Wildman–Crippen MR) is 58.0 cm³/mol. The highest BCUT2D eigenvalue weighted by molar-refractivity contribution is 5.93. The van der Waals surface area contributed by atoms with Crippen LogP contribution in [0.5, 0.6) is 0 Å². The van der Waals surface area contributed by atoms with E-state index < -0.39 is 0 Å². The van der Waals surface area contributed by atoms with Crippen molar-refractivity contribution in [2.24, 2.45) is 0 Å². The van der Waals surface area contributed by atoms with Crippen molar-refractivity contribution < 1.29 is 13.6 Å². The highest BCUT2D eigenvalue weighted by Crippen LogP contribution is 2.05. The SMILES string of the molecule is C[C@@H](Cc1ccoc1)NC(=O)c1ccoc1. The van der Waals surface area contributed by atoms with Crippen molar-refractivity contribution in [1.82, 2.24) is 5.32 Å². The lowest BCUT2D eigenvalue weighted by Crippen LogP contribution is -2.33. The minimum absolute atomic E-state index is 0.0556. The predicted octanol–water partition coefficient (Wildman–Crippen LogP) is 2.23. The van der Waals surface area contributed by atoms with Gasteiger partial charge in [-0.2, -0.15) is 0 Å². The molecule has 1 amide bonds. The number of furan rings is 2. The lowest BCUT2D eigenvalue weighted by molar-refractivity contribution is 0.0939. The minimum Gasteiger partial charge on any atom is -0.472 e. The first-order chi connectivity index (χ1) is 7.75. The van der Waals surface area contributed by atoms with Gasteiger partial charge in [-0.05, 0) is 31.0 Å². The molecule has 16 heavy (non-hydrogen) atoms. The summed E-state index contributed by atoms with van der Waals surface area (Å²) in [5.74, 6) is -0.121. The number of hydrogen-bond acceptors (Lipinski definition) is 3. The molecule has 0 aromatic carbocycles. The van der Waals surface area contributed by atoms with Gasteiger partial charge in [-0.3, -0.25) is 4.79 Å². The molecule has 2 aromatic rings. The van der Waals surface area contributed by atoms with Crippen molar-refractivity contribution in [2.75, 3.05) is 0 Å². The Balaban J connectivity index is 1.88. The Morgan fingerprint density at radius 2 is 2.06 bits per heavy atom. The molecule has 84 valence electrons. The number of nitrogens with one attached hydrogen (secondary N) is 1. The fourth-order valence-electron chi connectivity index (χ4n) is 1.51. The van der Waals surface area contributed by atoms with E-state index in [9.17, 15) is 4.79 Å². The molecule has 0 aliphatic rings. The second kappa shape index (κ2) is 4.70. The average molecular weight is 219 g/mol. The summed E-state index contributed by atoms with van der Waals surface area (Å²) in [5, 5.41) is 2.88. The van der Waals surface area contributed by atoms with Gasteiger partial charge in [0.2, 0.25) is 0 Å². The smallest absolute Gasteiger partial charge is 0.254 e. The molecule has 0 spiro atoms. The summed E-state index contributed by atoms with van der Waals surface area (Å²) in [6.45, 7) is 1.95. The number of carbonyl (C=O) groups is 1. The molecule has 0 radical (unpaired) electrons. The molecule has 0 aliphatic carbocycles. The van der Waals surface area contributed by atoms with Crippen LogP contribution in [0.2, 0.25) is 0 Å². The van der Waals surface area contributed by atoms with Gasteiger partial charge in [-0.15, -0.1) is 0 Å². The lowest BCUT2D eigenvalue weighted by atomic mass is 10.1. The molecule has 2 aromatic heterocycles. The van der Waals surface area contributed by atoms with Gasteiger partial charge in [0.15, 0.2) is 0 Å². The third-order valence-corrected chi connectivity index (χ3v) is 2.28. The molecular weight excluding hydrogens is 206 g/mol. The fraction of sp³-hybridized carbons (Fsp3) is 0.250. The van der Waals surface area contributed by atoms with Gasteiger partial charge in [0, 0.05) is 6.04 Å². The van der Waals surface area contributed by atoms with Crippen LogP contribution in [0.3, 0.4) is 0 Å². The number of amides is 1. The summed E-state index contributed by atoms with van der Waals surface area (Å²) in [7, 11) is 0. The van der Waals surface area contributed by atoms with Gasteiger partial charge in [0.05, 0.1) is 24.4 Å². The summed E-state index contributed by atoms with van der Waals surface area (Å²) >= 11 is 0. The zero-order valence-electron chi connectivity index (χ0n) is 8.97. The number of carbonyl (C=O) groups excluding carboxylic acids is 1. The van der Waals surface area contributed by atoms with Crippen LogP contribution in [-0.2, 0) is 6.42 Å². The Morgan fingerprint density at radius 1 is 1.31 bits per heavy atom. The first kappa shape index (κ1) is 10.5. The molecule has 4 nitrogen and oxygen atoms in total. The van der Waals surface area contributed by atoms with E-state index in [2.05, 4.69) is 5.32 Å². The van der Waals surface area contributed by atoms with E-state index in [4.69, 9.17) is 8.83 Å². The van der Waals surface area contributed by atoms with Crippen LogP contribution < -0.4 is 5.32 Å². The molecule has 0 fully saturated rings. The minimum atomic E-state index is -0.121. The monoisotopic (exact) mass is 219 g/mol. The summed E-state index contributed by atoms with van der Waals surface area (Å²) in [6.07, 6.45) is 6.97. The van der Waals surface area contributed by atoms with E-state index in [0.717, 1.165) is 12.0 Å². The van der Waals surface area contributed by atoms with E-state index in [1.165, 1.54) is 12.5 Å². The van der Waals surface area contributed by atoms with E-state index in [0.29, 0.717) is 5.56 Å². The third kappa shape index (κ3) is 2.53.